The molecule has 0 aliphatic heterocycles. The average molecular weight is 352 g/mol. The van der Waals surface area contributed by atoms with Gasteiger partial charge in [0.25, 0.3) is 0 Å². The van der Waals surface area contributed by atoms with E-state index in [2.05, 4.69) is 45.1 Å². The average Bonchev–Trinajstić information content (AvgIpc) is 2.79. The second-order valence-corrected chi connectivity index (χ2v) is 7.31. The van der Waals surface area contributed by atoms with Crippen molar-refractivity contribution in [2.45, 2.75) is 45.6 Å². The summed E-state index contributed by atoms with van der Waals surface area (Å²) < 4.78 is 0.997. The number of anilines is 1. The molecule has 0 spiro atoms. The van der Waals surface area contributed by atoms with E-state index >= 15 is 0 Å². The van der Waals surface area contributed by atoms with Gasteiger partial charge in [0.05, 0.1) is 16.7 Å². The lowest BCUT2D eigenvalue weighted by Crippen LogP contribution is -2.28. The first kappa shape index (κ1) is 14.7. The Bertz CT molecular complexity index is 680. The molecule has 5 heteroatoms. The number of halogens is 1. The van der Waals surface area contributed by atoms with Gasteiger partial charge >= 0.3 is 5.69 Å². The van der Waals surface area contributed by atoms with Gasteiger partial charge in [-0.2, -0.15) is 0 Å². The first-order valence-corrected chi connectivity index (χ1v) is 8.50. The van der Waals surface area contributed by atoms with Crippen LogP contribution in [0.15, 0.2) is 21.4 Å². The topological polar surface area (TPSA) is 60.7 Å². The van der Waals surface area contributed by atoms with E-state index in [-0.39, 0.29) is 5.69 Å². The second kappa shape index (κ2) is 5.87. The quantitative estimate of drug-likeness (QED) is 0.774. The Morgan fingerprint density at radius 1 is 1.14 bits per heavy atom. The number of hydrogen-bond donors (Lipinski definition) is 3. The Kier molecular flexibility index (Phi) is 4.11. The number of fused-ring (bicyclic) bond motifs is 1. The molecule has 1 aliphatic rings. The standard InChI is InChI=1S/C16H22BrN3O/c1-9(2)10-3-5-11(6-4-10)18-13-8-15-14(7-12(13)17)19-16(21)20-15/h7-11,18H,3-6H2,1-2H3,(H2,19,20,21). The van der Waals surface area contributed by atoms with Crippen molar-refractivity contribution in [2.75, 3.05) is 5.32 Å². The van der Waals surface area contributed by atoms with Crippen LogP contribution in [0.25, 0.3) is 11.0 Å². The van der Waals surface area contributed by atoms with Crippen molar-refractivity contribution in [3.63, 3.8) is 0 Å². The van der Waals surface area contributed by atoms with Crippen molar-refractivity contribution in [1.82, 2.24) is 9.97 Å². The van der Waals surface area contributed by atoms with E-state index in [1.165, 1.54) is 25.7 Å². The molecule has 1 aromatic carbocycles. The van der Waals surface area contributed by atoms with E-state index in [4.69, 9.17) is 0 Å². The summed E-state index contributed by atoms with van der Waals surface area (Å²) in [6.07, 6.45) is 5.04. The zero-order valence-electron chi connectivity index (χ0n) is 12.5. The van der Waals surface area contributed by atoms with E-state index in [1.54, 1.807) is 0 Å². The Morgan fingerprint density at radius 2 is 1.76 bits per heavy atom. The molecule has 21 heavy (non-hydrogen) atoms. The van der Waals surface area contributed by atoms with Crippen molar-refractivity contribution in [3.8, 4) is 0 Å². The molecular formula is C16H22BrN3O. The van der Waals surface area contributed by atoms with Crippen molar-refractivity contribution in [3.05, 3.63) is 27.1 Å². The third-order valence-corrected chi connectivity index (χ3v) is 5.33. The monoisotopic (exact) mass is 351 g/mol. The predicted octanol–water partition coefficient (Wildman–Crippen LogP) is 4.25. The number of hydrogen-bond acceptors (Lipinski definition) is 2. The first-order valence-electron chi connectivity index (χ1n) is 7.71. The first-order chi connectivity index (χ1) is 10.0. The van der Waals surface area contributed by atoms with Crippen molar-refractivity contribution in [2.24, 2.45) is 11.8 Å². The minimum atomic E-state index is -0.161. The van der Waals surface area contributed by atoms with Gasteiger partial charge in [0, 0.05) is 10.5 Å². The number of rotatable bonds is 3. The van der Waals surface area contributed by atoms with Crippen molar-refractivity contribution in [1.29, 1.82) is 0 Å². The summed E-state index contributed by atoms with van der Waals surface area (Å²) in [4.78, 5) is 16.9. The van der Waals surface area contributed by atoms with Gasteiger partial charge in [-0.3, -0.25) is 0 Å². The molecular weight excluding hydrogens is 330 g/mol. The molecule has 0 bridgehead atoms. The van der Waals surface area contributed by atoms with Gasteiger partial charge in [0.15, 0.2) is 0 Å². The largest absolute Gasteiger partial charge is 0.381 e. The van der Waals surface area contributed by atoms with Gasteiger partial charge in [-0.1, -0.05) is 13.8 Å². The summed E-state index contributed by atoms with van der Waals surface area (Å²) in [5.41, 5.74) is 2.58. The maximum atomic E-state index is 11.4. The summed E-state index contributed by atoms with van der Waals surface area (Å²) in [7, 11) is 0. The molecule has 0 atom stereocenters. The maximum Gasteiger partial charge on any atom is 0.323 e. The zero-order chi connectivity index (χ0) is 15.0. The predicted molar refractivity (Wildman–Crippen MR) is 90.8 cm³/mol. The molecule has 0 amide bonds. The number of aromatic nitrogens is 2. The highest BCUT2D eigenvalue weighted by Crippen LogP contribution is 2.33. The molecule has 3 N–H and O–H groups in total. The van der Waals surface area contributed by atoms with E-state index < -0.39 is 0 Å². The van der Waals surface area contributed by atoms with Crippen LogP contribution in [0.4, 0.5) is 5.69 Å². The molecule has 114 valence electrons. The summed E-state index contributed by atoms with van der Waals surface area (Å²) in [5, 5.41) is 3.63. The minimum Gasteiger partial charge on any atom is -0.381 e. The Hall–Kier alpha value is -1.23. The lowest BCUT2D eigenvalue weighted by Gasteiger charge is -2.32. The summed E-state index contributed by atoms with van der Waals surface area (Å²) >= 11 is 3.59. The van der Waals surface area contributed by atoms with E-state index in [0.717, 1.165) is 33.0 Å². The number of nitrogens with one attached hydrogen (secondary N) is 3. The molecule has 1 aromatic heterocycles. The van der Waals surface area contributed by atoms with Gasteiger partial charge in [-0.15, -0.1) is 0 Å². The molecule has 0 saturated heterocycles. The number of H-pyrrole nitrogens is 2. The fourth-order valence-corrected chi connectivity index (χ4v) is 3.77. The highest BCUT2D eigenvalue weighted by molar-refractivity contribution is 9.10. The maximum absolute atomic E-state index is 11.4. The SMILES string of the molecule is CC(C)C1CCC(Nc2cc3[nH]c(=O)[nH]c3cc2Br)CC1. The Balaban J connectivity index is 1.73. The highest BCUT2D eigenvalue weighted by Gasteiger charge is 2.23. The van der Waals surface area contributed by atoms with Crippen molar-refractivity contribution >= 4 is 32.7 Å². The summed E-state index contributed by atoms with van der Waals surface area (Å²) in [6.45, 7) is 4.65. The third-order valence-electron chi connectivity index (χ3n) is 4.68. The zero-order valence-corrected chi connectivity index (χ0v) is 14.1. The van der Waals surface area contributed by atoms with Crippen LogP contribution >= 0.6 is 15.9 Å². The van der Waals surface area contributed by atoms with E-state index in [0.29, 0.717) is 6.04 Å². The fourth-order valence-electron chi connectivity index (χ4n) is 3.32. The molecule has 4 nitrogen and oxygen atoms in total. The molecule has 3 rings (SSSR count). The third kappa shape index (κ3) is 3.18. The number of benzene rings is 1. The second-order valence-electron chi connectivity index (χ2n) is 6.46. The summed E-state index contributed by atoms with van der Waals surface area (Å²) in [5.74, 6) is 1.66. The smallest absolute Gasteiger partial charge is 0.323 e. The van der Waals surface area contributed by atoms with Crippen LogP contribution < -0.4 is 11.0 Å². The summed E-state index contributed by atoms with van der Waals surface area (Å²) in [6, 6.07) is 4.49. The lowest BCUT2D eigenvalue weighted by atomic mass is 9.79. The minimum absolute atomic E-state index is 0.161. The van der Waals surface area contributed by atoms with E-state index in [1.807, 2.05) is 12.1 Å². The highest BCUT2D eigenvalue weighted by atomic mass is 79.9. The molecule has 2 aromatic rings. The van der Waals surface area contributed by atoms with Crippen LogP contribution in [0.2, 0.25) is 0 Å². The number of imidazole rings is 1. The molecule has 1 saturated carbocycles. The van der Waals surface area contributed by atoms with Gasteiger partial charge in [0.2, 0.25) is 0 Å². The lowest BCUT2D eigenvalue weighted by molar-refractivity contribution is 0.267. The Labute approximate surface area is 132 Å². The normalized spacial score (nSPS) is 22.9. The van der Waals surface area contributed by atoms with Gasteiger partial charge in [-0.25, -0.2) is 4.79 Å². The van der Waals surface area contributed by atoms with E-state index in [9.17, 15) is 4.79 Å². The van der Waals surface area contributed by atoms with Crippen LogP contribution in [-0.4, -0.2) is 16.0 Å². The molecule has 0 unspecified atom stereocenters. The van der Waals surface area contributed by atoms with Gasteiger partial charge in [0.1, 0.15) is 0 Å². The molecule has 1 aliphatic carbocycles. The van der Waals surface area contributed by atoms with Crippen molar-refractivity contribution < 1.29 is 0 Å². The van der Waals surface area contributed by atoms with Crippen LogP contribution in [0.1, 0.15) is 39.5 Å². The van der Waals surface area contributed by atoms with Crippen LogP contribution in [0.3, 0.4) is 0 Å². The van der Waals surface area contributed by atoms with Crippen LogP contribution in [-0.2, 0) is 0 Å². The molecule has 1 fully saturated rings. The van der Waals surface area contributed by atoms with Gasteiger partial charge < -0.3 is 15.3 Å². The van der Waals surface area contributed by atoms with Crippen LogP contribution in [0, 0.1) is 11.8 Å². The molecule has 1 heterocycles. The van der Waals surface area contributed by atoms with Crippen LogP contribution in [0.5, 0.6) is 0 Å². The fraction of sp³-hybridized carbons (Fsp3) is 0.562. The Morgan fingerprint density at radius 3 is 2.38 bits per heavy atom. The van der Waals surface area contributed by atoms with Gasteiger partial charge in [-0.05, 0) is 65.6 Å². The number of aromatic amines is 2. The molecule has 0 radical (unpaired) electrons.